The van der Waals surface area contributed by atoms with Crippen molar-refractivity contribution in [3.8, 4) is 0 Å². The lowest BCUT2D eigenvalue weighted by Crippen LogP contribution is -2.74. The van der Waals surface area contributed by atoms with Gasteiger partial charge in [0.1, 0.15) is 6.42 Å². The first-order valence-corrected chi connectivity index (χ1v) is 6.61. The van der Waals surface area contributed by atoms with E-state index in [1.165, 1.54) is 0 Å². The summed E-state index contributed by atoms with van der Waals surface area (Å²) >= 11 is 0. The Kier molecular flexibility index (Phi) is 7.15. The highest BCUT2D eigenvalue weighted by Gasteiger charge is 2.95. The largest absolute Gasteiger partial charge is 0.460 e. The second-order valence-electron chi connectivity index (χ2n) is 5.72. The van der Waals surface area contributed by atoms with Gasteiger partial charge in [-0.1, -0.05) is 8.96 Å². The molecule has 22 heteroatoms. The molecule has 0 fully saturated rings. The van der Waals surface area contributed by atoms with Crippen molar-refractivity contribution in [2.24, 2.45) is 0 Å². The van der Waals surface area contributed by atoms with Crippen LogP contribution in [0.5, 0.6) is 0 Å². The number of nitrogens with zero attached hydrogens (tertiary/aromatic N) is 1. The molecule has 32 heavy (non-hydrogen) atoms. The molecule has 1 nitrogen and oxygen atoms in total. The zero-order valence-corrected chi connectivity index (χ0v) is 13.6. The quantitative estimate of drug-likeness (QED) is 0.174. The van der Waals surface area contributed by atoms with E-state index in [1.54, 1.807) is 0 Å². The summed E-state index contributed by atoms with van der Waals surface area (Å²) in [4.78, 5) is 0. The molecule has 0 bridgehead atoms. The van der Waals surface area contributed by atoms with Crippen LogP contribution in [0.4, 0.5) is 92.4 Å². The first-order chi connectivity index (χ1) is 13.4. The van der Waals surface area contributed by atoms with Crippen LogP contribution in [0.2, 0.25) is 0 Å². The van der Waals surface area contributed by atoms with Crippen LogP contribution in [0.25, 0.3) is 0 Å². The predicted octanol–water partition coefficient (Wildman–Crippen LogP) is 7.05. The Labute approximate surface area is 159 Å². The first kappa shape index (κ1) is 30.5. The summed E-state index contributed by atoms with van der Waals surface area (Å²) < 4.78 is 265. The zero-order valence-electron chi connectivity index (χ0n) is 13.6. The van der Waals surface area contributed by atoms with Crippen LogP contribution >= 0.6 is 0 Å². The molecule has 0 aliphatic carbocycles. The first-order valence-electron chi connectivity index (χ1n) is 6.61. The van der Waals surface area contributed by atoms with E-state index in [1.807, 2.05) is 0 Å². The van der Waals surface area contributed by atoms with Crippen molar-refractivity contribution >= 4 is 0 Å². The summed E-state index contributed by atoms with van der Waals surface area (Å²) in [7, 11) is 0. The van der Waals surface area contributed by atoms with Crippen molar-refractivity contribution in [2.45, 2.75) is 60.1 Å². The highest BCUT2D eigenvalue weighted by Crippen LogP contribution is 2.64. The summed E-state index contributed by atoms with van der Waals surface area (Å²) in [6.07, 6.45) is -12.5. The minimum Gasteiger partial charge on any atom is -0.199 e. The average Bonchev–Trinajstić information content (AvgIpc) is 2.51. The molecule has 0 radical (unpaired) electrons. The third kappa shape index (κ3) is 3.99. The molecule has 0 N–H and O–H groups in total. The van der Waals surface area contributed by atoms with Gasteiger partial charge in [0.2, 0.25) is 0 Å². The van der Waals surface area contributed by atoms with Crippen LogP contribution in [0, 0.1) is 0 Å². The van der Waals surface area contributed by atoms with Crippen molar-refractivity contribution in [1.29, 1.82) is 0 Å². The third-order valence-electron chi connectivity index (χ3n) is 3.47. The van der Waals surface area contributed by atoms with E-state index >= 15 is 0 Å². The van der Waals surface area contributed by atoms with Gasteiger partial charge in [0.05, 0.1) is 5.34 Å². The maximum Gasteiger partial charge on any atom is 0.460 e. The van der Waals surface area contributed by atoms with E-state index in [-0.39, 0.29) is 0 Å². The maximum atomic E-state index is 13.2. The number of halogens is 21. The van der Waals surface area contributed by atoms with E-state index in [9.17, 15) is 92.4 Å². The number of hydrogen-bond donors (Lipinski definition) is 0. The van der Waals surface area contributed by atoms with E-state index in [0.717, 1.165) is 0 Å². The molecule has 0 aromatic rings. The Morgan fingerprint density at radius 3 is 0.875 bits per heavy atom. The van der Waals surface area contributed by atoms with Crippen LogP contribution in [-0.2, 0) is 0 Å². The molecule has 0 amide bonds. The Morgan fingerprint density at radius 2 is 0.625 bits per heavy atom. The van der Waals surface area contributed by atoms with Crippen molar-refractivity contribution in [1.82, 2.24) is 5.34 Å². The molecule has 0 unspecified atom stereocenters. The molecule has 0 aromatic heterocycles. The SMILES string of the molecule is FN(F)C(F)(F)CC(F)(F)C(F)(F)C(F)(F)C(F)(F)C(F)(F)C(F)(F)C(F)(F)C(F)(F)F. The monoisotopic (exact) mass is 535 g/mol. The van der Waals surface area contributed by atoms with Crippen molar-refractivity contribution in [3.63, 3.8) is 0 Å². The normalized spacial score (nSPS) is 16.7. The summed E-state index contributed by atoms with van der Waals surface area (Å²) in [5.41, 5.74) is 0. The third-order valence-corrected chi connectivity index (χ3v) is 3.47. The van der Waals surface area contributed by atoms with Gasteiger partial charge in [0, 0.05) is 0 Å². The minimum atomic E-state index is -8.97. The fraction of sp³-hybridized carbons (Fsp3) is 1.00. The summed E-state index contributed by atoms with van der Waals surface area (Å²) in [6.45, 7) is 0. The molecule has 0 spiro atoms. The Morgan fingerprint density at radius 1 is 0.375 bits per heavy atom. The lowest BCUT2D eigenvalue weighted by Gasteiger charge is -2.43. The van der Waals surface area contributed by atoms with Crippen molar-refractivity contribution in [3.05, 3.63) is 0 Å². The summed E-state index contributed by atoms with van der Waals surface area (Å²) in [5.74, 6) is -59.9. The molecule has 0 heterocycles. The zero-order chi connectivity index (χ0) is 26.8. The van der Waals surface area contributed by atoms with Gasteiger partial charge >= 0.3 is 53.7 Å². The highest BCUT2D eigenvalue weighted by molar-refractivity contribution is 5.15. The Bertz CT molecular complexity index is 671. The molecule has 0 aromatic carbocycles. The minimum absolute atomic E-state index is 3.68. The molecule has 0 saturated carbocycles. The number of alkyl halides is 19. The predicted molar refractivity (Wildman–Crippen MR) is 54.3 cm³/mol. The fourth-order valence-electron chi connectivity index (χ4n) is 1.63. The van der Waals surface area contributed by atoms with Crippen molar-refractivity contribution in [2.75, 3.05) is 0 Å². The van der Waals surface area contributed by atoms with E-state index < -0.39 is 65.4 Å². The molecule has 0 aliphatic heterocycles. The van der Waals surface area contributed by atoms with Gasteiger partial charge in [-0.15, -0.1) is 0 Å². The van der Waals surface area contributed by atoms with Crippen LogP contribution in [-0.4, -0.2) is 59.0 Å². The van der Waals surface area contributed by atoms with Gasteiger partial charge in [-0.2, -0.15) is 83.4 Å². The van der Waals surface area contributed by atoms with Crippen LogP contribution < -0.4 is 0 Å². The fourth-order valence-corrected chi connectivity index (χ4v) is 1.63. The van der Waals surface area contributed by atoms with Crippen LogP contribution in [0.3, 0.4) is 0 Å². The molecule has 0 atom stereocenters. The van der Waals surface area contributed by atoms with Gasteiger partial charge < -0.3 is 0 Å². The molecule has 0 aliphatic rings. The maximum absolute atomic E-state index is 13.2. The smallest absolute Gasteiger partial charge is 0.199 e. The van der Waals surface area contributed by atoms with E-state index in [2.05, 4.69) is 0 Å². The van der Waals surface area contributed by atoms with E-state index in [4.69, 9.17) is 0 Å². The molecule has 194 valence electrons. The lowest BCUT2D eigenvalue weighted by atomic mass is 9.88. The summed E-state index contributed by atoms with van der Waals surface area (Å²) in [5, 5.41) is -3.68. The Hall–Kier alpha value is -1.51. The van der Waals surface area contributed by atoms with Gasteiger partial charge in [0.15, 0.2) is 0 Å². The van der Waals surface area contributed by atoms with Crippen LogP contribution in [0.1, 0.15) is 6.42 Å². The van der Waals surface area contributed by atoms with E-state index in [0.29, 0.717) is 0 Å². The summed E-state index contributed by atoms with van der Waals surface area (Å²) in [6, 6.07) is -6.59. The van der Waals surface area contributed by atoms with Gasteiger partial charge in [-0.3, -0.25) is 0 Å². The molecule has 0 saturated heterocycles. The lowest BCUT2D eigenvalue weighted by molar-refractivity contribution is -0.464. The van der Waals surface area contributed by atoms with Crippen LogP contribution in [0.15, 0.2) is 0 Å². The van der Waals surface area contributed by atoms with Gasteiger partial charge in [0.25, 0.3) is 0 Å². The second-order valence-corrected chi connectivity index (χ2v) is 5.72. The van der Waals surface area contributed by atoms with Gasteiger partial charge in [-0.25, -0.2) is 0 Å². The van der Waals surface area contributed by atoms with Gasteiger partial charge in [-0.05, 0) is 0 Å². The standard InChI is InChI=1S/C10H2F21N/c11-2(12,1-3(13,14)32(30)31)4(15,16)5(17,18)6(19,20)7(21,22)8(23,24)9(25,26)10(27,28)29/h1H2. The second kappa shape index (κ2) is 7.50. The highest BCUT2D eigenvalue weighted by atomic mass is 19.4. The number of hydrogen-bond acceptors (Lipinski definition) is 1. The topological polar surface area (TPSA) is 3.24 Å². The molecular formula is C10H2F21N. The Balaban J connectivity index is 6.72. The molecule has 0 rings (SSSR count). The van der Waals surface area contributed by atoms with Crippen molar-refractivity contribution < 1.29 is 92.4 Å². The molecular weight excluding hydrogens is 533 g/mol. The number of rotatable bonds is 9. The average molecular weight is 535 g/mol.